The van der Waals surface area contributed by atoms with Crippen molar-refractivity contribution in [3.05, 3.63) is 46.9 Å². The minimum Gasteiger partial charge on any atom is -0.314 e. The highest BCUT2D eigenvalue weighted by atomic mass is 16.1. The van der Waals surface area contributed by atoms with Gasteiger partial charge in [-0.25, -0.2) is 0 Å². The quantitative estimate of drug-likeness (QED) is 0.716. The summed E-state index contributed by atoms with van der Waals surface area (Å²) < 4.78 is 1.79. The second-order valence-electron chi connectivity index (χ2n) is 5.40. The highest BCUT2D eigenvalue weighted by Crippen LogP contribution is 2.16. The van der Waals surface area contributed by atoms with Gasteiger partial charge in [-0.1, -0.05) is 39.0 Å². The van der Waals surface area contributed by atoms with Crippen LogP contribution >= 0.6 is 0 Å². The van der Waals surface area contributed by atoms with Gasteiger partial charge in [0.15, 0.2) is 0 Å². The van der Waals surface area contributed by atoms with E-state index in [4.69, 9.17) is 0 Å². The normalized spacial score (nSPS) is 11.9. The molecule has 1 aromatic carbocycles. The summed E-state index contributed by atoms with van der Waals surface area (Å²) in [5.74, 6) is 0. The number of fused-ring (bicyclic) bond motifs is 1. The van der Waals surface area contributed by atoms with Crippen molar-refractivity contribution in [1.82, 2.24) is 4.57 Å². The zero-order valence-corrected chi connectivity index (χ0v) is 10.0. The predicted octanol–water partition coefficient (Wildman–Crippen LogP) is 3.05. The molecule has 0 saturated carbocycles. The first-order valence-electron chi connectivity index (χ1n) is 5.56. The predicted molar refractivity (Wildman–Crippen MR) is 67.7 cm³/mol. The number of hydrogen-bond acceptors (Lipinski definition) is 1. The van der Waals surface area contributed by atoms with Crippen LogP contribution in [0.15, 0.2) is 41.3 Å². The molecule has 2 heteroatoms. The van der Waals surface area contributed by atoms with Crippen molar-refractivity contribution in [2.24, 2.45) is 5.41 Å². The molecular weight excluding hydrogens is 198 g/mol. The molecular formula is C14H17NO. The van der Waals surface area contributed by atoms with Crippen LogP contribution in [0.2, 0.25) is 0 Å². The van der Waals surface area contributed by atoms with Gasteiger partial charge in [0, 0.05) is 18.1 Å². The number of pyridine rings is 1. The van der Waals surface area contributed by atoms with E-state index in [1.165, 1.54) is 0 Å². The summed E-state index contributed by atoms with van der Waals surface area (Å²) in [7, 11) is 0. The smallest absolute Gasteiger partial charge is 0.258 e. The number of aromatic nitrogens is 1. The molecule has 1 aromatic heterocycles. The SMILES string of the molecule is CC(C)(C)Cn1ccc2ccccc2c1=O. The van der Waals surface area contributed by atoms with Gasteiger partial charge in [0.1, 0.15) is 0 Å². The summed E-state index contributed by atoms with van der Waals surface area (Å²) in [5, 5.41) is 1.81. The van der Waals surface area contributed by atoms with Crippen LogP contribution in [0.25, 0.3) is 10.8 Å². The Morgan fingerprint density at radius 3 is 2.50 bits per heavy atom. The Kier molecular flexibility index (Phi) is 2.58. The van der Waals surface area contributed by atoms with Crippen LogP contribution in [0.1, 0.15) is 20.8 Å². The van der Waals surface area contributed by atoms with Gasteiger partial charge >= 0.3 is 0 Å². The van der Waals surface area contributed by atoms with Crippen LogP contribution in [0.4, 0.5) is 0 Å². The maximum absolute atomic E-state index is 12.2. The van der Waals surface area contributed by atoms with Gasteiger partial charge in [-0.15, -0.1) is 0 Å². The average molecular weight is 215 g/mol. The van der Waals surface area contributed by atoms with Crippen LogP contribution < -0.4 is 5.56 Å². The minimum absolute atomic E-state index is 0.105. The summed E-state index contributed by atoms with van der Waals surface area (Å²) in [4.78, 5) is 12.2. The van der Waals surface area contributed by atoms with Crippen LogP contribution in [-0.4, -0.2) is 4.57 Å². The molecule has 0 radical (unpaired) electrons. The molecule has 0 fully saturated rings. The molecule has 0 amide bonds. The standard InChI is InChI=1S/C14H17NO/c1-14(2,3)10-15-9-8-11-6-4-5-7-12(11)13(15)16/h4-9H,10H2,1-3H3. The van der Waals surface area contributed by atoms with E-state index >= 15 is 0 Å². The van der Waals surface area contributed by atoms with Gasteiger partial charge in [-0.05, 0) is 22.9 Å². The molecule has 0 unspecified atom stereocenters. The topological polar surface area (TPSA) is 22.0 Å². The van der Waals surface area contributed by atoms with Crippen LogP contribution in [-0.2, 0) is 6.54 Å². The first-order chi connectivity index (χ1) is 7.47. The van der Waals surface area contributed by atoms with Crippen molar-refractivity contribution in [2.75, 3.05) is 0 Å². The molecule has 0 bridgehead atoms. The first kappa shape index (κ1) is 10.9. The third kappa shape index (κ3) is 2.16. The van der Waals surface area contributed by atoms with Gasteiger partial charge in [-0.2, -0.15) is 0 Å². The average Bonchev–Trinajstić information content (AvgIpc) is 2.21. The second-order valence-corrected chi connectivity index (χ2v) is 5.40. The number of hydrogen-bond donors (Lipinski definition) is 0. The van der Waals surface area contributed by atoms with E-state index in [1.807, 2.05) is 36.5 Å². The van der Waals surface area contributed by atoms with Crippen molar-refractivity contribution in [3.63, 3.8) is 0 Å². The Morgan fingerprint density at radius 1 is 1.12 bits per heavy atom. The lowest BCUT2D eigenvalue weighted by atomic mass is 9.96. The molecule has 2 aromatic rings. The molecule has 0 atom stereocenters. The fourth-order valence-corrected chi connectivity index (χ4v) is 1.87. The fourth-order valence-electron chi connectivity index (χ4n) is 1.87. The molecule has 0 saturated heterocycles. The third-order valence-corrected chi connectivity index (χ3v) is 2.53. The molecule has 1 heterocycles. The van der Waals surface area contributed by atoms with Crippen molar-refractivity contribution in [3.8, 4) is 0 Å². The Labute approximate surface area is 95.5 Å². The molecule has 2 nitrogen and oxygen atoms in total. The molecule has 0 aliphatic carbocycles. The van der Waals surface area contributed by atoms with E-state index in [2.05, 4.69) is 20.8 Å². The summed E-state index contributed by atoms with van der Waals surface area (Å²) in [6.07, 6.45) is 1.88. The van der Waals surface area contributed by atoms with Gasteiger partial charge in [0.2, 0.25) is 0 Å². The highest BCUT2D eigenvalue weighted by Gasteiger charge is 2.12. The van der Waals surface area contributed by atoms with Crippen LogP contribution in [0.5, 0.6) is 0 Å². The van der Waals surface area contributed by atoms with E-state index in [0.29, 0.717) is 0 Å². The molecule has 0 aliphatic heterocycles. The molecule has 16 heavy (non-hydrogen) atoms. The van der Waals surface area contributed by atoms with Crippen molar-refractivity contribution in [2.45, 2.75) is 27.3 Å². The van der Waals surface area contributed by atoms with Gasteiger partial charge in [-0.3, -0.25) is 4.79 Å². The Morgan fingerprint density at radius 2 is 1.81 bits per heavy atom. The fraction of sp³-hybridized carbons (Fsp3) is 0.357. The van der Waals surface area contributed by atoms with Gasteiger partial charge < -0.3 is 4.57 Å². The maximum Gasteiger partial charge on any atom is 0.258 e. The zero-order valence-electron chi connectivity index (χ0n) is 10.0. The van der Waals surface area contributed by atoms with Crippen molar-refractivity contribution >= 4 is 10.8 Å². The number of nitrogens with zero attached hydrogens (tertiary/aromatic N) is 1. The van der Waals surface area contributed by atoms with Crippen molar-refractivity contribution < 1.29 is 0 Å². The first-order valence-corrected chi connectivity index (χ1v) is 5.56. The van der Waals surface area contributed by atoms with Crippen LogP contribution in [0.3, 0.4) is 0 Å². The minimum atomic E-state index is 0.105. The second kappa shape index (κ2) is 3.78. The Bertz CT molecular complexity index is 561. The van der Waals surface area contributed by atoms with Gasteiger partial charge in [0.25, 0.3) is 5.56 Å². The van der Waals surface area contributed by atoms with E-state index < -0.39 is 0 Å². The Hall–Kier alpha value is -1.57. The third-order valence-electron chi connectivity index (χ3n) is 2.53. The molecule has 0 spiro atoms. The van der Waals surface area contributed by atoms with E-state index in [-0.39, 0.29) is 11.0 Å². The highest BCUT2D eigenvalue weighted by molar-refractivity contribution is 5.81. The van der Waals surface area contributed by atoms with Crippen LogP contribution in [0, 0.1) is 5.41 Å². The van der Waals surface area contributed by atoms with E-state index in [9.17, 15) is 4.79 Å². The Balaban J connectivity index is 2.57. The summed E-state index contributed by atoms with van der Waals surface area (Å²) in [6.45, 7) is 7.15. The summed E-state index contributed by atoms with van der Waals surface area (Å²) in [5.41, 5.74) is 0.222. The lowest BCUT2D eigenvalue weighted by Gasteiger charge is -2.19. The van der Waals surface area contributed by atoms with E-state index in [1.54, 1.807) is 4.57 Å². The molecule has 0 aliphatic rings. The van der Waals surface area contributed by atoms with Gasteiger partial charge in [0.05, 0.1) is 0 Å². The van der Waals surface area contributed by atoms with E-state index in [0.717, 1.165) is 17.3 Å². The molecule has 84 valence electrons. The molecule has 2 rings (SSSR count). The monoisotopic (exact) mass is 215 g/mol. The lowest BCUT2D eigenvalue weighted by molar-refractivity contribution is 0.339. The molecule has 0 N–H and O–H groups in total. The summed E-state index contributed by atoms with van der Waals surface area (Å²) >= 11 is 0. The number of rotatable bonds is 1. The maximum atomic E-state index is 12.2. The lowest BCUT2D eigenvalue weighted by Crippen LogP contribution is -2.26. The van der Waals surface area contributed by atoms with Crippen molar-refractivity contribution in [1.29, 1.82) is 0 Å². The number of benzene rings is 1. The largest absolute Gasteiger partial charge is 0.314 e. The zero-order chi connectivity index (χ0) is 11.8. The summed E-state index contributed by atoms with van der Waals surface area (Å²) in [6, 6.07) is 9.72.